The highest BCUT2D eigenvalue weighted by Gasteiger charge is 2.28. The fourth-order valence-electron chi connectivity index (χ4n) is 5.71. The number of aromatic carboxylic acids is 2. The maximum Gasteiger partial charge on any atom is 0.335 e. The smallest absolute Gasteiger partial charge is 0.335 e. The molecule has 0 saturated heterocycles. The molecule has 262 valence electrons. The predicted molar refractivity (Wildman–Crippen MR) is 188 cm³/mol. The molecule has 2 N–H and O–H groups in total. The molecule has 4 aromatic carbocycles. The molecule has 7 rings (SSSR count). The van der Waals surface area contributed by atoms with Crippen molar-refractivity contribution in [2.45, 2.75) is 6.54 Å². The second kappa shape index (κ2) is 14.8. The highest BCUT2D eigenvalue weighted by atomic mass is 35.5. The van der Waals surface area contributed by atoms with Gasteiger partial charge >= 0.3 is 11.9 Å². The Morgan fingerprint density at radius 2 is 1.06 bits per heavy atom. The molecular formula is C37H36ClN7O6. The number of fused-ring (bicyclic) bond motifs is 1. The Balaban J connectivity index is 0.000000196. The van der Waals surface area contributed by atoms with Crippen molar-refractivity contribution < 1.29 is 45.5 Å². The van der Waals surface area contributed by atoms with Crippen molar-refractivity contribution in [1.29, 1.82) is 0 Å². The van der Waals surface area contributed by atoms with Crippen LogP contribution in [0.4, 0.5) is 11.4 Å². The monoisotopic (exact) mass is 709 g/mol. The van der Waals surface area contributed by atoms with Crippen LogP contribution in [0.3, 0.4) is 0 Å². The van der Waals surface area contributed by atoms with E-state index in [4.69, 9.17) is 19.0 Å². The first kappa shape index (κ1) is 36.2. The van der Waals surface area contributed by atoms with Crippen LogP contribution in [0.25, 0.3) is 45.8 Å². The third-order valence-corrected chi connectivity index (χ3v) is 8.17. The van der Waals surface area contributed by atoms with Crippen molar-refractivity contribution in [1.82, 2.24) is 20.4 Å². The largest absolute Gasteiger partial charge is 1.00 e. The molecule has 2 aromatic heterocycles. The fourth-order valence-corrected chi connectivity index (χ4v) is 5.71. The molecule has 14 heteroatoms. The van der Waals surface area contributed by atoms with Gasteiger partial charge in [-0.1, -0.05) is 0 Å². The summed E-state index contributed by atoms with van der Waals surface area (Å²) in [4.78, 5) is 26.1. The van der Waals surface area contributed by atoms with E-state index in [-0.39, 0.29) is 23.5 Å². The summed E-state index contributed by atoms with van der Waals surface area (Å²) in [6.45, 7) is 1.90. The number of quaternary nitrogens is 1. The van der Waals surface area contributed by atoms with E-state index in [1.54, 1.807) is 24.3 Å². The van der Waals surface area contributed by atoms with Gasteiger partial charge in [0, 0.05) is 60.3 Å². The number of anilines is 2. The number of carboxylic acid groups (broad SMARTS) is 2. The van der Waals surface area contributed by atoms with E-state index >= 15 is 0 Å². The van der Waals surface area contributed by atoms with Gasteiger partial charge in [-0.05, 0) is 91.0 Å². The Hall–Kier alpha value is -6.05. The Morgan fingerprint density at radius 1 is 0.667 bits per heavy atom. The Labute approximate surface area is 300 Å². The summed E-state index contributed by atoms with van der Waals surface area (Å²) < 4.78 is 12.4. The molecule has 0 atom stereocenters. The summed E-state index contributed by atoms with van der Waals surface area (Å²) in [7, 11) is 10.5. The number of rotatable bonds is 7. The molecule has 3 heterocycles. The Morgan fingerprint density at radius 3 is 1.47 bits per heavy atom. The van der Waals surface area contributed by atoms with Gasteiger partial charge in [0.25, 0.3) is 0 Å². The third kappa shape index (κ3) is 8.23. The highest BCUT2D eigenvalue weighted by Crippen LogP contribution is 2.33. The first-order chi connectivity index (χ1) is 23.9. The zero-order valence-electron chi connectivity index (χ0n) is 28.6. The molecule has 1 aliphatic rings. The third-order valence-electron chi connectivity index (χ3n) is 8.17. The van der Waals surface area contributed by atoms with Crippen LogP contribution in [0.15, 0.2) is 99.8 Å². The molecule has 0 spiro atoms. The van der Waals surface area contributed by atoms with Crippen molar-refractivity contribution >= 4 is 23.3 Å². The van der Waals surface area contributed by atoms with Gasteiger partial charge in [0.2, 0.25) is 23.6 Å². The summed E-state index contributed by atoms with van der Waals surface area (Å²) in [5, 5.41) is 34.3. The zero-order valence-corrected chi connectivity index (χ0v) is 29.4. The number of carboxylic acids is 2. The minimum atomic E-state index is -0.969. The molecule has 6 aromatic rings. The topological polar surface area (TPSA) is 159 Å². The van der Waals surface area contributed by atoms with Crippen molar-refractivity contribution in [2.24, 2.45) is 0 Å². The van der Waals surface area contributed by atoms with E-state index in [2.05, 4.69) is 58.6 Å². The zero-order chi connectivity index (χ0) is 35.6. The van der Waals surface area contributed by atoms with Crippen LogP contribution in [0.5, 0.6) is 0 Å². The van der Waals surface area contributed by atoms with Crippen molar-refractivity contribution in [3.63, 3.8) is 0 Å². The van der Waals surface area contributed by atoms with Gasteiger partial charge in [0.15, 0.2) is 6.67 Å². The molecule has 0 amide bonds. The van der Waals surface area contributed by atoms with Gasteiger partial charge in [-0.15, -0.1) is 20.4 Å². The summed E-state index contributed by atoms with van der Waals surface area (Å²) >= 11 is 0. The molecule has 0 radical (unpaired) electrons. The second-order valence-corrected chi connectivity index (χ2v) is 12.8. The van der Waals surface area contributed by atoms with Crippen LogP contribution in [-0.4, -0.2) is 88.9 Å². The van der Waals surface area contributed by atoms with Gasteiger partial charge in [0.05, 0.1) is 25.2 Å². The SMILES string of the molecule is CN(C)c1ccc(-c2nnc(-c3ccc(C(=O)O)cc3)o2)cc1.CN1C[N+](C)(C)Cc2cc(-c3nnc(-c4ccc(C(=O)O)cc4)o3)ccc21.[Cl-]. The van der Waals surface area contributed by atoms with Crippen LogP contribution in [-0.2, 0) is 6.54 Å². The van der Waals surface area contributed by atoms with E-state index in [1.165, 1.54) is 35.5 Å². The predicted octanol–water partition coefficient (Wildman–Crippen LogP) is 3.26. The van der Waals surface area contributed by atoms with Crippen LogP contribution in [0.2, 0.25) is 0 Å². The molecular weight excluding hydrogens is 674 g/mol. The lowest BCUT2D eigenvalue weighted by Crippen LogP contribution is -3.00. The summed E-state index contributed by atoms with van der Waals surface area (Å²) in [6.07, 6.45) is 0. The molecule has 51 heavy (non-hydrogen) atoms. The molecule has 0 bridgehead atoms. The fraction of sp³-hybridized carbons (Fsp3) is 0.189. The van der Waals surface area contributed by atoms with E-state index in [0.717, 1.165) is 34.5 Å². The number of hydrogen-bond donors (Lipinski definition) is 2. The quantitative estimate of drug-likeness (QED) is 0.234. The van der Waals surface area contributed by atoms with Gasteiger partial charge in [-0.3, -0.25) is 0 Å². The number of nitrogens with zero attached hydrogens (tertiary/aromatic N) is 7. The standard InChI is InChI=1S/C20H20N4O3.C17H15N3O3.ClH/c1-23-12-24(2,3)11-16-10-15(8-9-17(16)23)19-22-21-18(27-19)13-4-6-14(7-5-13)20(25)26;1-20(2)14-9-7-12(8-10-14)16-19-18-15(23-16)11-3-5-13(6-4-11)17(21)22;/h4-10H,11-12H2,1-3H3;3-10H,1-2H3,(H,21,22);1H. The minimum Gasteiger partial charge on any atom is -1.00 e. The number of benzene rings is 4. The van der Waals surface area contributed by atoms with Crippen molar-refractivity contribution in [3.8, 4) is 45.8 Å². The lowest BCUT2D eigenvalue weighted by atomic mass is 10.0. The van der Waals surface area contributed by atoms with Crippen molar-refractivity contribution in [3.05, 3.63) is 108 Å². The number of aromatic nitrogens is 4. The summed E-state index contributed by atoms with van der Waals surface area (Å²) in [5.74, 6) is -0.334. The van der Waals surface area contributed by atoms with E-state index < -0.39 is 11.9 Å². The molecule has 0 fully saturated rings. The highest BCUT2D eigenvalue weighted by molar-refractivity contribution is 5.88. The molecule has 0 unspecified atom stereocenters. The van der Waals surface area contributed by atoms with Crippen LogP contribution in [0.1, 0.15) is 26.3 Å². The molecule has 13 nitrogen and oxygen atoms in total. The molecule has 0 aliphatic carbocycles. The van der Waals surface area contributed by atoms with E-state index in [0.29, 0.717) is 34.7 Å². The van der Waals surface area contributed by atoms with Crippen LogP contribution in [0, 0.1) is 0 Å². The second-order valence-electron chi connectivity index (χ2n) is 12.8. The average Bonchev–Trinajstić information content (AvgIpc) is 3.79. The summed E-state index contributed by atoms with van der Waals surface area (Å²) in [6, 6.07) is 26.7. The van der Waals surface area contributed by atoms with Crippen LogP contribution >= 0.6 is 0 Å². The minimum absolute atomic E-state index is 0. The molecule has 1 aliphatic heterocycles. The summed E-state index contributed by atoms with van der Waals surface area (Å²) in [5.41, 5.74) is 7.06. The maximum atomic E-state index is 11.0. The normalized spacial score (nSPS) is 12.9. The maximum absolute atomic E-state index is 11.0. The number of hydrogen-bond acceptors (Lipinski definition) is 10. The first-order valence-electron chi connectivity index (χ1n) is 15.7. The lowest BCUT2D eigenvalue weighted by molar-refractivity contribution is -0.904. The Bertz CT molecular complexity index is 2140. The number of halogens is 1. The first-order valence-corrected chi connectivity index (χ1v) is 15.7. The van der Waals surface area contributed by atoms with Gasteiger partial charge in [0.1, 0.15) is 6.54 Å². The van der Waals surface area contributed by atoms with Crippen molar-refractivity contribution in [2.75, 3.05) is 51.7 Å². The molecule has 0 saturated carbocycles. The Kier molecular flexibility index (Phi) is 10.5. The van der Waals surface area contributed by atoms with E-state index in [9.17, 15) is 9.59 Å². The van der Waals surface area contributed by atoms with Gasteiger partial charge < -0.3 is 45.7 Å². The van der Waals surface area contributed by atoms with Gasteiger partial charge in [-0.2, -0.15) is 0 Å². The number of carbonyl (C=O) groups is 2. The van der Waals surface area contributed by atoms with Gasteiger partial charge in [-0.25, -0.2) is 9.59 Å². The van der Waals surface area contributed by atoms with E-state index in [1.807, 2.05) is 49.3 Å². The van der Waals surface area contributed by atoms with Crippen LogP contribution < -0.4 is 22.2 Å². The average molecular weight is 710 g/mol. The lowest BCUT2D eigenvalue weighted by Gasteiger charge is -2.40.